The van der Waals surface area contributed by atoms with Crippen molar-refractivity contribution in [1.82, 2.24) is 19.9 Å². The summed E-state index contributed by atoms with van der Waals surface area (Å²) in [5.41, 5.74) is 6.33. The number of rotatable bonds is 10. The quantitative estimate of drug-likeness (QED) is 0.125. The fourth-order valence-corrected chi connectivity index (χ4v) is 4.19. The van der Waals surface area contributed by atoms with Gasteiger partial charge in [-0.1, -0.05) is 62.5 Å². The van der Waals surface area contributed by atoms with Gasteiger partial charge in [0.15, 0.2) is 0 Å². The van der Waals surface area contributed by atoms with E-state index >= 15 is 0 Å². The zero-order valence-corrected chi connectivity index (χ0v) is 25.1. The topological polar surface area (TPSA) is 70.0 Å². The summed E-state index contributed by atoms with van der Waals surface area (Å²) in [4.78, 5) is 17.9. The molecule has 0 aliphatic heterocycles. The highest BCUT2D eigenvalue weighted by atomic mass is 16.5. The van der Waals surface area contributed by atoms with Crippen LogP contribution >= 0.6 is 0 Å². The summed E-state index contributed by atoms with van der Waals surface area (Å²) in [6.45, 7) is 5.46. The van der Waals surface area contributed by atoms with Crippen LogP contribution in [0.4, 0.5) is 0 Å². The molecule has 0 radical (unpaired) electrons. The number of aromatic nitrogens is 4. The number of ether oxygens (including phenoxy) is 2. The van der Waals surface area contributed by atoms with Crippen molar-refractivity contribution in [2.45, 2.75) is 39.5 Å². The Bertz CT molecular complexity index is 1630. The van der Waals surface area contributed by atoms with E-state index in [9.17, 15) is 0 Å². The lowest BCUT2D eigenvalue weighted by Crippen LogP contribution is -2.03. The monoisotopic (exact) mass is 578 g/mol. The van der Waals surface area contributed by atoms with E-state index in [0.29, 0.717) is 24.7 Å². The molecule has 0 amide bonds. The first kappa shape index (κ1) is 30.0. The van der Waals surface area contributed by atoms with Gasteiger partial charge in [0.2, 0.25) is 0 Å². The first-order valence-electron chi connectivity index (χ1n) is 15.0. The molecular formula is C38H34N4O2. The number of benzene rings is 1. The summed E-state index contributed by atoms with van der Waals surface area (Å²) >= 11 is 0. The van der Waals surface area contributed by atoms with Gasteiger partial charge in [-0.2, -0.15) is 0 Å². The van der Waals surface area contributed by atoms with Gasteiger partial charge in [-0.25, -0.2) is 0 Å². The van der Waals surface area contributed by atoms with Gasteiger partial charge >= 0.3 is 0 Å². The van der Waals surface area contributed by atoms with Crippen molar-refractivity contribution in [3.63, 3.8) is 0 Å². The summed E-state index contributed by atoms with van der Waals surface area (Å²) in [5.74, 6) is 14.4. The fraction of sp³-hybridized carbons (Fsp3) is 0.211. The van der Waals surface area contributed by atoms with Crippen LogP contribution in [-0.4, -0.2) is 33.1 Å². The fourth-order valence-electron chi connectivity index (χ4n) is 4.19. The van der Waals surface area contributed by atoms with E-state index in [1.165, 1.54) is 0 Å². The second-order valence-corrected chi connectivity index (χ2v) is 10.0. The van der Waals surface area contributed by atoms with Crippen LogP contribution in [0.2, 0.25) is 0 Å². The molecule has 5 rings (SSSR count). The number of hydrogen-bond acceptors (Lipinski definition) is 6. The van der Waals surface area contributed by atoms with E-state index in [1.54, 1.807) is 24.8 Å². The predicted octanol–water partition coefficient (Wildman–Crippen LogP) is 7.76. The van der Waals surface area contributed by atoms with E-state index in [0.717, 1.165) is 70.7 Å². The van der Waals surface area contributed by atoms with Crippen LogP contribution in [-0.2, 0) is 0 Å². The maximum atomic E-state index is 6.21. The lowest BCUT2D eigenvalue weighted by molar-refractivity contribution is 0.299. The van der Waals surface area contributed by atoms with Crippen LogP contribution in [0.1, 0.15) is 61.8 Å². The van der Waals surface area contributed by atoms with Gasteiger partial charge in [-0.05, 0) is 61.4 Å². The molecule has 6 heteroatoms. The molecule has 0 aliphatic carbocycles. The largest absolute Gasteiger partial charge is 0.492 e. The highest BCUT2D eigenvalue weighted by molar-refractivity contribution is 5.61. The van der Waals surface area contributed by atoms with E-state index in [1.807, 2.05) is 72.8 Å². The molecule has 0 bridgehead atoms. The average Bonchev–Trinajstić information content (AvgIpc) is 3.08. The number of unbranched alkanes of at least 4 members (excludes halogenated alkanes) is 2. The van der Waals surface area contributed by atoms with E-state index in [4.69, 9.17) is 9.47 Å². The van der Waals surface area contributed by atoms with Gasteiger partial charge in [0, 0.05) is 48.0 Å². The molecule has 4 aromatic heterocycles. The molecule has 0 aliphatic rings. The molecule has 0 spiro atoms. The second-order valence-electron chi connectivity index (χ2n) is 10.0. The third-order valence-electron chi connectivity index (χ3n) is 6.66. The van der Waals surface area contributed by atoms with Crippen LogP contribution in [0, 0.1) is 23.7 Å². The minimum absolute atomic E-state index is 0.591. The van der Waals surface area contributed by atoms with Crippen LogP contribution in [0.25, 0.3) is 22.8 Å². The van der Waals surface area contributed by atoms with Crippen molar-refractivity contribution in [1.29, 1.82) is 0 Å². The second kappa shape index (κ2) is 15.7. The Morgan fingerprint density at radius 1 is 0.523 bits per heavy atom. The molecular weight excluding hydrogens is 544 g/mol. The summed E-state index contributed by atoms with van der Waals surface area (Å²) in [6, 6.07) is 23.2. The Balaban J connectivity index is 1.45. The highest BCUT2D eigenvalue weighted by Crippen LogP contribution is 2.29. The third kappa shape index (κ3) is 8.31. The van der Waals surface area contributed by atoms with E-state index < -0.39 is 0 Å². The van der Waals surface area contributed by atoms with Crippen molar-refractivity contribution in [2.24, 2.45) is 0 Å². The molecule has 218 valence electrons. The average molecular weight is 579 g/mol. The summed E-state index contributed by atoms with van der Waals surface area (Å²) in [7, 11) is 0. The summed E-state index contributed by atoms with van der Waals surface area (Å²) in [5, 5.41) is 0. The van der Waals surface area contributed by atoms with Gasteiger partial charge in [0.05, 0.1) is 47.1 Å². The lowest BCUT2D eigenvalue weighted by Gasteiger charge is -2.13. The van der Waals surface area contributed by atoms with Gasteiger partial charge < -0.3 is 9.47 Å². The van der Waals surface area contributed by atoms with Crippen molar-refractivity contribution in [3.8, 4) is 58.0 Å². The van der Waals surface area contributed by atoms with Crippen molar-refractivity contribution in [2.75, 3.05) is 13.2 Å². The molecule has 0 fully saturated rings. The van der Waals surface area contributed by atoms with Gasteiger partial charge in [-0.3, -0.25) is 19.9 Å². The Hall–Kier alpha value is -5.46. The van der Waals surface area contributed by atoms with Crippen molar-refractivity contribution in [3.05, 3.63) is 120 Å². The Morgan fingerprint density at radius 2 is 0.977 bits per heavy atom. The maximum absolute atomic E-state index is 6.21. The Labute approximate surface area is 259 Å². The Morgan fingerprint density at radius 3 is 1.34 bits per heavy atom. The van der Waals surface area contributed by atoms with Crippen molar-refractivity contribution < 1.29 is 9.47 Å². The van der Waals surface area contributed by atoms with Gasteiger partial charge in [0.1, 0.15) is 11.5 Å². The Kier molecular flexibility index (Phi) is 10.7. The van der Waals surface area contributed by atoms with Gasteiger partial charge in [0.25, 0.3) is 0 Å². The predicted molar refractivity (Wildman–Crippen MR) is 174 cm³/mol. The zero-order valence-electron chi connectivity index (χ0n) is 25.1. The molecule has 0 N–H and O–H groups in total. The standard InChI is InChI=1S/C38H34N4O2/c1-3-5-23-43-37-25-32(18-14-30-16-20-36(42-28-30)34-12-8-10-22-40-34)38(44-24-6-4-2)26-31(37)17-13-29-15-19-35(41-27-29)33-11-7-9-21-39-33/h7-12,15-16,19-22,25-28H,3-6,23-24H2,1-2H3. The van der Waals surface area contributed by atoms with Gasteiger partial charge in [-0.15, -0.1) is 0 Å². The highest BCUT2D eigenvalue weighted by Gasteiger charge is 2.11. The van der Waals surface area contributed by atoms with Crippen LogP contribution < -0.4 is 9.47 Å². The summed E-state index contributed by atoms with van der Waals surface area (Å²) in [6.07, 6.45) is 11.0. The first-order valence-corrected chi connectivity index (χ1v) is 15.0. The molecule has 1 aromatic carbocycles. The molecule has 6 nitrogen and oxygen atoms in total. The number of hydrogen-bond donors (Lipinski definition) is 0. The van der Waals surface area contributed by atoms with Crippen molar-refractivity contribution >= 4 is 0 Å². The van der Waals surface area contributed by atoms with Crippen LogP contribution in [0.5, 0.6) is 11.5 Å². The minimum atomic E-state index is 0.591. The molecule has 0 atom stereocenters. The zero-order chi connectivity index (χ0) is 30.4. The third-order valence-corrected chi connectivity index (χ3v) is 6.66. The SMILES string of the molecule is CCCCOc1cc(C#Cc2ccc(-c3ccccn3)nc2)c(OCCCC)cc1C#Cc1ccc(-c2ccccn2)nc1. The summed E-state index contributed by atoms with van der Waals surface area (Å²) < 4.78 is 12.4. The number of pyridine rings is 4. The minimum Gasteiger partial charge on any atom is -0.492 e. The van der Waals surface area contributed by atoms with E-state index in [2.05, 4.69) is 57.5 Å². The molecule has 5 aromatic rings. The smallest absolute Gasteiger partial charge is 0.136 e. The normalized spacial score (nSPS) is 10.2. The molecule has 0 unspecified atom stereocenters. The molecule has 0 saturated heterocycles. The number of nitrogens with zero attached hydrogens (tertiary/aromatic N) is 4. The lowest BCUT2D eigenvalue weighted by atomic mass is 10.1. The van der Waals surface area contributed by atoms with E-state index in [-0.39, 0.29) is 0 Å². The first-order chi connectivity index (χ1) is 21.7. The van der Waals surface area contributed by atoms with Crippen LogP contribution in [0.15, 0.2) is 97.6 Å². The molecule has 4 heterocycles. The maximum Gasteiger partial charge on any atom is 0.136 e. The van der Waals surface area contributed by atoms with Crippen LogP contribution in [0.3, 0.4) is 0 Å². The molecule has 0 saturated carbocycles. The molecule has 44 heavy (non-hydrogen) atoms.